The molecule has 4 heteroatoms. The lowest BCUT2D eigenvalue weighted by molar-refractivity contribution is -0.179. The van der Waals surface area contributed by atoms with E-state index >= 15 is 0 Å². The van der Waals surface area contributed by atoms with Gasteiger partial charge in [-0.3, -0.25) is 4.84 Å². The molecule has 2 aliphatic rings. The summed E-state index contributed by atoms with van der Waals surface area (Å²) < 4.78 is 0. The Balaban J connectivity index is 1.95. The van der Waals surface area contributed by atoms with E-state index in [0.29, 0.717) is 12.0 Å². The normalized spacial score (nSPS) is 29.4. The molecular weight excluding hydrogens is 256 g/mol. The van der Waals surface area contributed by atoms with Crippen LogP contribution in [0, 0.1) is 5.92 Å². The van der Waals surface area contributed by atoms with Crippen LogP contribution in [0.2, 0.25) is 0 Å². The number of rotatable bonds is 0. The maximum Gasteiger partial charge on any atom is 0.0899 e. The number of hydrogen-bond acceptors (Lipinski definition) is 3. The molecule has 3 heterocycles. The van der Waals surface area contributed by atoms with Gasteiger partial charge in [0.2, 0.25) is 0 Å². The summed E-state index contributed by atoms with van der Waals surface area (Å²) in [6.07, 6.45) is 0. The smallest absolute Gasteiger partial charge is 0.0899 e. The Labute approximate surface area is 117 Å². The molecule has 2 aliphatic heterocycles. The van der Waals surface area contributed by atoms with Crippen molar-refractivity contribution in [2.45, 2.75) is 30.5 Å². The van der Waals surface area contributed by atoms with E-state index in [4.69, 9.17) is 4.84 Å². The number of hydrogen-bond donors (Lipinski definition) is 1. The van der Waals surface area contributed by atoms with Gasteiger partial charge in [-0.15, -0.1) is 11.8 Å². The molecule has 2 atom stereocenters. The lowest BCUT2D eigenvalue weighted by atomic mass is 9.83. The highest BCUT2D eigenvalue weighted by atomic mass is 32.2. The van der Waals surface area contributed by atoms with Crippen LogP contribution in [-0.4, -0.2) is 28.4 Å². The van der Waals surface area contributed by atoms with Crippen LogP contribution in [-0.2, 0) is 4.84 Å². The van der Waals surface area contributed by atoms with Crippen LogP contribution in [0.4, 0.5) is 0 Å². The van der Waals surface area contributed by atoms with Crippen LogP contribution in [0.3, 0.4) is 0 Å². The van der Waals surface area contributed by atoms with Gasteiger partial charge in [0.15, 0.2) is 0 Å². The van der Waals surface area contributed by atoms with Crippen molar-refractivity contribution in [3.05, 3.63) is 29.8 Å². The van der Waals surface area contributed by atoms with Crippen molar-refractivity contribution >= 4 is 22.7 Å². The molecule has 1 aromatic heterocycles. The minimum Gasteiger partial charge on any atom is -0.349 e. The molecule has 0 spiro atoms. The summed E-state index contributed by atoms with van der Waals surface area (Å²) in [7, 11) is 2.06. The lowest BCUT2D eigenvalue weighted by Crippen LogP contribution is -2.32. The first-order valence-corrected chi connectivity index (χ1v) is 7.72. The first kappa shape index (κ1) is 11.8. The first-order valence-electron chi connectivity index (χ1n) is 6.73. The zero-order valence-corrected chi connectivity index (χ0v) is 12.3. The topological polar surface area (TPSA) is 28.3 Å². The second kappa shape index (κ2) is 3.78. The van der Waals surface area contributed by atoms with Gasteiger partial charge in [0, 0.05) is 35.2 Å². The van der Waals surface area contributed by atoms with Crippen LogP contribution in [0.5, 0.6) is 0 Å². The van der Waals surface area contributed by atoms with E-state index in [0.717, 1.165) is 5.75 Å². The third-order valence-corrected chi connectivity index (χ3v) is 5.59. The molecule has 0 amide bonds. The number of aromatic nitrogens is 1. The number of thioether (sulfide) groups is 1. The van der Waals surface area contributed by atoms with Crippen molar-refractivity contribution in [1.29, 1.82) is 0 Å². The second-order valence-corrected chi connectivity index (χ2v) is 7.05. The number of aromatic amines is 1. The van der Waals surface area contributed by atoms with E-state index in [-0.39, 0.29) is 5.60 Å². The predicted octanol–water partition coefficient (Wildman–Crippen LogP) is 3.59. The van der Waals surface area contributed by atoms with Crippen LogP contribution >= 0.6 is 11.8 Å². The number of nitrogens with zero attached hydrogens (tertiary/aromatic N) is 1. The molecular formula is C15H18N2OS. The van der Waals surface area contributed by atoms with Gasteiger partial charge in [-0.1, -0.05) is 18.2 Å². The highest BCUT2D eigenvalue weighted by molar-refractivity contribution is 7.99. The molecule has 0 unspecified atom stereocenters. The Kier molecular flexibility index (Phi) is 2.35. The quantitative estimate of drug-likeness (QED) is 0.796. The summed E-state index contributed by atoms with van der Waals surface area (Å²) in [4.78, 5) is 9.63. The van der Waals surface area contributed by atoms with Gasteiger partial charge in [0.25, 0.3) is 0 Å². The third kappa shape index (κ3) is 1.54. The number of benzene rings is 1. The highest BCUT2D eigenvalue weighted by Gasteiger charge is 2.51. The highest BCUT2D eigenvalue weighted by Crippen LogP contribution is 2.53. The van der Waals surface area contributed by atoms with Gasteiger partial charge < -0.3 is 4.98 Å². The first-order chi connectivity index (χ1) is 9.08. The van der Waals surface area contributed by atoms with Crippen LogP contribution in [0.25, 0.3) is 10.9 Å². The maximum absolute atomic E-state index is 6.08. The standard InChI is InChI=1S/C15H18N2OS/c1-15(2)10-8-19-14-12(13(10)17(3)18-15)9-6-4-5-7-11(9)16-14/h4-7,10,13,16H,8H2,1-3H3/t10-,13-/m0/s1. The molecule has 1 saturated heterocycles. The third-order valence-electron chi connectivity index (χ3n) is 4.46. The van der Waals surface area contributed by atoms with Crippen molar-refractivity contribution in [2.24, 2.45) is 5.92 Å². The predicted molar refractivity (Wildman–Crippen MR) is 78.2 cm³/mol. The summed E-state index contributed by atoms with van der Waals surface area (Å²) >= 11 is 1.93. The van der Waals surface area contributed by atoms with Gasteiger partial charge in [-0.2, -0.15) is 5.06 Å². The maximum atomic E-state index is 6.08. The molecule has 0 saturated carbocycles. The molecule has 100 valence electrons. The van der Waals surface area contributed by atoms with Crippen molar-refractivity contribution in [3.63, 3.8) is 0 Å². The summed E-state index contributed by atoms with van der Waals surface area (Å²) in [6.45, 7) is 4.41. The van der Waals surface area contributed by atoms with Crippen LogP contribution in [0.15, 0.2) is 29.3 Å². The molecule has 0 radical (unpaired) electrons. The molecule has 2 aromatic rings. The van der Waals surface area contributed by atoms with Crippen molar-refractivity contribution < 1.29 is 4.84 Å². The molecule has 1 fully saturated rings. The fourth-order valence-corrected chi connectivity index (χ4v) is 5.02. The molecule has 1 N–H and O–H groups in total. The molecule has 1 aromatic carbocycles. The number of nitrogens with one attached hydrogen (secondary N) is 1. The van der Waals surface area contributed by atoms with Crippen LogP contribution < -0.4 is 0 Å². The van der Waals surface area contributed by atoms with Gasteiger partial charge in [-0.25, -0.2) is 0 Å². The van der Waals surface area contributed by atoms with Gasteiger partial charge in [0.05, 0.1) is 16.7 Å². The SMILES string of the molecule is CN1OC(C)(C)[C@H]2CSc3[nH]c4ccccc4c3[C@H]21. The van der Waals surface area contributed by atoms with Crippen molar-refractivity contribution in [3.8, 4) is 0 Å². The molecule has 0 aliphatic carbocycles. The van der Waals surface area contributed by atoms with E-state index in [9.17, 15) is 0 Å². The molecule has 3 nitrogen and oxygen atoms in total. The van der Waals surface area contributed by atoms with E-state index < -0.39 is 0 Å². The van der Waals surface area contributed by atoms with Crippen LogP contribution in [0.1, 0.15) is 25.5 Å². The van der Waals surface area contributed by atoms with Gasteiger partial charge in [0.1, 0.15) is 0 Å². The van der Waals surface area contributed by atoms with Crippen molar-refractivity contribution in [2.75, 3.05) is 12.8 Å². The van der Waals surface area contributed by atoms with E-state index in [2.05, 4.69) is 55.2 Å². The summed E-state index contributed by atoms with van der Waals surface area (Å²) in [5.74, 6) is 1.65. The number of para-hydroxylation sites is 1. The minimum absolute atomic E-state index is 0.0809. The van der Waals surface area contributed by atoms with Gasteiger partial charge >= 0.3 is 0 Å². The Morgan fingerprint density at radius 1 is 1.37 bits per heavy atom. The Morgan fingerprint density at radius 2 is 2.16 bits per heavy atom. The molecule has 19 heavy (non-hydrogen) atoms. The molecule has 4 rings (SSSR count). The number of fused-ring (bicyclic) bond motifs is 5. The van der Waals surface area contributed by atoms with E-state index in [1.165, 1.54) is 21.5 Å². The lowest BCUT2D eigenvalue weighted by Gasteiger charge is -2.30. The average molecular weight is 274 g/mol. The summed E-state index contributed by atoms with van der Waals surface area (Å²) in [6, 6.07) is 8.94. The Hall–Kier alpha value is -0.970. The number of hydroxylamine groups is 2. The zero-order chi connectivity index (χ0) is 13.2. The monoisotopic (exact) mass is 274 g/mol. The second-order valence-electron chi connectivity index (χ2n) is 6.02. The van der Waals surface area contributed by atoms with Crippen molar-refractivity contribution in [1.82, 2.24) is 10.0 Å². The largest absolute Gasteiger partial charge is 0.349 e. The van der Waals surface area contributed by atoms with Gasteiger partial charge in [-0.05, 0) is 19.9 Å². The number of H-pyrrole nitrogens is 1. The van der Waals surface area contributed by atoms with E-state index in [1.54, 1.807) is 0 Å². The summed E-state index contributed by atoms with van der Waals surface area (Å²) in [5, 5.41) is 4.72. The zero-order valence-electron chi connectivity index (χ0n) is 11.4. The fraction of sp³-hybridized carbons (Fsp3) is 0.467. The Morgan fingerprint density at radius 3 is 3.00 bits per heavy atom. The fourth-order valence-electron chi connectivity index (χ4n) is 3.52. The average Bonchev–Trinajstić information content (AvgIpc) is 2.84. The summed E-state index contributed by atoms with van der Waals surface area (Å²) in [5.41, 5.74) is 2.58. The van der Waals surface area contributed by atoms with E-state index in [1.807, 2.05) is 11.8 Å². The minimum atomic E-state index is -0.0809. The molecule has 0 bridgehead atoms. The Bertz CT molecular complexity index is 649.